The Kier molecular flexibility index (Phi) is 11.3. The molecule has 2 aliphatic rings. The predicted molar refractivity (Wildman–Crippen MR) is 180 cm³/mol. The Morgan fingerprint density at radius 2 is 0.952 bits per heavy atom. The van der Waals surface area contributed by atoms with Gasteiger partial charge in [0.25, 0.3) is 11.8 Å². The smallest absolute Gasteiger partial charge is 0.267 e. The highest BCUT2D eigenvalue weighted by Crippen LogP contribution is 2.42. The van der Waals surface area contributed by atoms with E-state index in [9.17, 15) is 19.2 Å². The van der Waals surface area contributed by atoms with Crippen LogP contribution in [0.4, 0.5) is 11.4 Å². The van der Waals surface area contributed by atoms with Crippen LogP contribution in [0.3, 0.4) is 0 Å². The molecule has 2 saturated heterocycles. The van der Waals surface area contributed by atoms with Gasteiger partial charge in [-0.05, 0) is 24.3 Å². The van der Waals surface area contributed by atoms with Crippen LogP contribution >= 0.6 is 118 Å². The number of nitrogens with zero attached hydrogens (tertiary/aromatic N) is 2. The zero-order valence-electron chi connectivity index (χ0n) is 20.6. The molecule has 2 heterocycles. The molecule has 0 atom stereocenters. The fourth-order valence-corrected chi connectivity index (χ4v) is 7.50. The average molecular weight is 763 g/mol. The van der Waals surface area contributed by atoms with Crippen LogP contribution in [0.1, 0.15) is 12.8 Å². The van der Waals surface area contributed by atoms with Crippen molar-refractivity contribution in [3.05, 3.63) is 64.2 Å². The highest BCUT2D eigenvalue weighted by molar-refractivity contribution is 8.29. The summed E-state index contributed by atoms with van der Waals surface area (Å²) in [5, 5.41) is 6.51. The summed E-state index contributed by atoms with van der Waals surface area (Å²) in [4.78, 5) is 54.0. The normalized spacial score (nSPS) is 17.0. The van der Waals surface area contributed by atoms with E-state index < -0.39 is 23.6 Å². The van der Waals surface area contributed by atoms with Crippen molar-refractivity contribution in [2.45, 2.75) is 12.8 Å². The molecule has 18 heteroatoms. The summed E-state index contributed by atoms with van der Waals surface area (Å²) in [5.74, 6) is -1.96. The Balaban J connectivity index is 1.36. The van der Waals surface area contributed by atoms with Crippen LogP contribution in [0.25, 0.3) is 0 Å². The molecule has 8 nitrogen and oxygen atoms in total. The summed E-state index contributed by atoms with van der Waals surface area (Å²) >= 11 is 48.6. The standard InChI is InChI=1S/C24H14Cl6N4O4S4/c25-9-5-13(29)15(7-11(9)27)31-17(35)1-3-33-21(37)19(41-23(33)39)20-22(38)34(24(40)42-20)4-2-18(36)32-16-8-12(28)10(26)6-14(16)30/h5-8H,1-4H2,(H,31,35)(H,32,36). The van der Waals surface area contributed by atoms with E-state index in [0.29, 0.717) is 0 Å². The number of thioether (sulfide) groups is 2. The lowest BCUT2D eigenvalue weighted by Gasteiger charge is -2.15. The van der Waals surface area contributed by atoms with Crippen molar-refractivity contribution in [1.82, 2.24) is 9.80 Å². The molecule has 0 radical (unpaired) electrons. The van der Waals surface area contributed by atoms with Crippen molar-refractivity contribution < 1.29 is 19.2 Å². The number of carbonyl (C=O) groups excluding carboxylic acids is 4. The second-order valence-electron chi connectivity index (χ2n) is 8.40. The van der Waals surface area contributed by atoms with E-state index >= 15 is 0 Å². The zero-order chi connectivity index (χ0) is 30.9. The van der Waals surface area contributed by atoms with E-state index in [2.05, 4.69) is 10.6 Å². The predicted octanol–water partition coefficient (Wildman–Crippen LogP) is 7.90. The van der Waals surface area contributed by atoms with Crippen LogP contribution in [-0.2, 0) is 19.2 Å². The summed E-state index contributed by atoms with van der Waals surface area (Å²) in [6.07, 6.45) is -0.232. The molecular formula is C24H14Cl6N4O4S4. The first-order valence-corrected chi connectivity index (χ1v) is 16.2. The number of amides is 4. The van der Waals surface area contributed by atoms with Crippen LogP contribution in [0.5, 0.6) is 0 Å². The Morgan fingerprint density at radius 3 is 1.31 bits per heavy atom. The number of nitrogens with one attached hydrogen (secondary N) is 2. The van der Waals surface area contributed by atoms with Gasteiger partial charge in [-0.2, -0.15) is 0 Å². The van der Waals surface area contributed by atoms with E-state index in [0.717, 1.165) is 23.5 Å². The maximum atomic E-state index is 13.2. The number of thiocarbonyl (C=S) groups is 2. The molecule has 0 unspecified atom stereocenters. The molecule has 0 spiro atoms. The van der Waals surface area contributed by atoms with Crippen molar-refractivity contribution in [2.75, 3.05) is 23.7 Å². The maximum absolute atomic E-state index is 13.2. The second-order valence-corrected chi connectivity index (χ2v) is 14.1. The highest BCUT2D eigenvalue weighted by Gasteiger charge is 2.42. The van der Waals surface area contributed by atoms with Crippen LogP contribution in [0.2, 0.25) is 30.1 Å². The Morgan fingerprint density at radius 1 is 0.619 bits per heavy atom. The van der Waals surface area contributed by atoms with Gasteiger partial charge >= 0.3 is 0 Å². The second kappa shape index (κ2) is 14.2. The molecule has 4 rings (SSSR count). The summed E-state index contributed by atoms with van der Waals surface area (Å²) in [6.45, 7) is -0.0899. The van der Waals surface area contributed by atoms with Crippen molar-refractivity contribution in [1.29, 1.82) is 0 Å². The van der Waals surface area contributed by atoms with Crippen LogP contribution in [0, 0.1) is 0 Å². The number of hydrogen-bond acceptors (Lipinski definition) is 8. The summed E-state index contributed by atoms with van der Waals surface area (Å²) in [6, 6.07) is 5.63. The van der Waals surface area contributed by atoms with Gasteiger partial charge < -0.3 is 10.6 Å². The fraction of sp³-hybridized carbons (Fsp3) is 0.167. The molecule has 4 amide bonds. The van der Waals surface area contributed by atoms with Crippen LogP contribution < -0.4 is 10.6 Å². The van der Waals surface area contributed by atoms with Crippen molar-refractivity contribution in [3.63, 3.8) is 0 Å². The molecule has 0 aromatic heterocycles. The van der Waals surface area contributed by atoms with E-state index in [1.807, 2.05) is 0 Å². The Bertz CT molecular complexity index is 1490. The molecule has 0 saturated carbocycles. The molecule has 42 heavy (non-hydrogen) atoms. The third kappa shape index (κ3) is 7.66. The minimum atomic E-state index is -0.530. The minimum Gasteiger partial charge on any atom is -0.325 e. The molecule has 2 aliphatic heterocycles. The first-order chi connectivity index (χ1) is 19.8. The fourth-order valence-electron chi connectivity index (χ4n) is 3.54. The lowest BCUT2D eigenvalue weighted by Crippen LogP contribution is -2.33. The summed E-state index contributed by atoms with van der Waals surface area (Å²) in [7, 11) is 0. The van der Waals surface area contributed by atoms with Gasteiger partial charge in [-0.3, -0.25) is 29.0 Å². The number of halogens is 6. The van der Waals surface area contributed by atoms with Crippen molar-refractivity contribution >= 4 is 161 Å². The number of rotatable bonds is 8. The third-order valence-corrected chi connectivity index (χ3v) is 10.7. The van der Waals surface area contributed by atoms with Crippen LogP contribution in [0.15, 0.2) is 34.1 Å². The number of benzene rings is 2. The molecule has 0 bridgehead atoms. The van der Waals surface area contributed by atoms with Gasteiger partial charge in [0.2, 0.25) is 11.8 Å². The van der Waals surface area contributed by atoms with Crippen molar-refractivity contribution in [3.8, 4) is 0 Å². The average Bonchev–Trinajstić information content (AvgIpc) is 3.36. The Labute approximate surface area is 288 Å². The van der Waals surface area contributed by atoms with Gasteiger partial charge in [0.05, 0.1) is 51.3 Å². The van der Waals surface area contributed by atoms with E-state index in [4.69, 9.17) is 94.0 Å². The van der Waals surface area contributed by atoms with E-state index in [1.165, 1.54) is 34.1 Å². The third-order valence-electron chi connectivity index (χ3n) is 5.60. The minimum absolute atomic E-state index is 0.0450. The van der Waals surface area contributed by atoms with E-state index in [1.54, 1.807) is 0 Å². The topological polar surface area (TPSA) is 98.8 Å². The molecule has 0 aliphatic carbocycles. The molecule has 2 fully saturated rings. The summed E-state index contributed by atoms with van der Waals surface area (Å²) in [5.41, 5.74) is 0.526. The molecule has 220 valence electrons. The largest absolute Gasteiger partial charge is 0.325 e. The van der Waals surface area contributed by atoms with E-state index in [-0.39, 0.29) is 85.9 Å². The van der Waals surface area contributed by atoms with Crippen molar-refractivity contribution in [2.24, 2.45) is 0 Å². The molecule has 2 aromatic carbocycles. The highest BCUT2D eigenvalue weighted by atomic mass is 35.5. The van der Waals surface area contributed by atoms with Crippen LogP contribution in [-0.4, -0.2) is 55.2 Å². The lowest BCUT2D eigenvalue weighted by molar-refractivity contribution is -0.125. The monoisotopic (exact) mass is 760 g/mol. The van der Waals surface area contributed by atoms with Gasteiger partial charge in [-0.1, -0.05) is 118 Å². The number of anilines is 2. The quantitative estimate of drug-likeness (QED) is 0.159. The SMILES string of the molecule is O=C(CCN1C(=O)C(=C2SC(=S)N(CCC(=O)Nc3cc(Cl)c(Cl)cc3Cl)C2=O)SC1=S)Nc1cc(Cl)c(Cl)cc1Cl. The van der Waals surface area contributed by atoms with Gasteiger partial charge in [-0.15, -0.1) is 0 Å². The number of hydrogen-bond donors (Lipinski definition) is 2. The van der Waals surface area contributed by atoms with Gasteiger partial charge in [-0.25, -0.2) is 0 Å². The number of carbonyl (C=O) groups is 4. The van der Waals surface area contributed by atoms with Gasteiger partial charge in [0, 0.05) is 25.9 Å². The van der Waals surface area contributed by atoms with Gasteiger partial charge in [0.15, 0.2) is 0 Å². The maximum Gasteiger partial charge on any atom is 0.267 e. The Hall–Kier alpha value is -1.32. The molecule has 2 aromatic rings. The van der Waals surface area contributed by atoms with Gasteiger partial charge in [0.1, 0.15) is 8.64 Å². The first-order valence-electron chi connectivity index (χ1n) is 11.5. The zero-order valence-corrected chi connectivity index (χ0v) is 28.4. The summed E-state index contributed by atoms with van der Waals surface area (Å²) < 4.78 is 0.358. The lowest BCUT2D eigenvalue weighted by atomic mass is 10.3. The first kappa shape index (κ1) is 33.6. The molecular weight excluding hydrogens is 749 g/mol. The molecule has 2 N–H and O–H groups in total.